The molecule has 0 saturated carbocycles. The van der Waals surface area contributed by atoms with E-state index in [4.69, 9.17) is 25.2 Å². The van der Waals surface area contributed by atoms with Gasteiger partial charge in [0.2, 0.25) is 0 Å². The number of benzene rings is 2. The van der Waals surface area contributed by atoms with Crippen LogP contribution in [0.5, 0.6) is 5.75 Å². The molecule has 7 heteroatoms. The van der Waals surface area contributed by atoms with Crippen LogP contribution in [0.1, 0.15) is 49.3 Å². The van der Waals surface area contributed by atoms with E-state index in [1.807, 2.05) is 19.1 Å². The van der Waals surface area contributed by atoms with E-state index in [0.717, 1.165) is 83.5 Å². The summed E-state index contributed by atoms with van der Waals surface area (Å²) in [6.07, 6.45) is 0.816. The third-order valence-electron chi connectivity index (χ3n) is 6.44. The summed E-state index contributed by atoms with van der Waals surface area (Å²) in [7, 11) is 0. The molecule has 3 heterocycles. The van der Waals surface area contributed by atoms with E-state index in [1.54, 1.807) is 0 Å². The molecule has 1 aromatic heterocycles. The molecule has 1 atom stereocenters. The van der Waals surface area contributed by atoms with Gasteiger partial charge in [0.1, 0.15) is 23.0 Å². The molecular weight excluding hydrogens is 414 g/mol. The van der Waals surface area contributed by atoms with Crippen molar-refractivity contribution < 1.29 is 9.47 Å². The Morgan fingerprint density at radius 1 is 1.09 bits per heavy atom. The molecule has 2 aliphatic rings. The Morgan fingerprint density at radius 3 is 2.58 bits per heavy atom. The molecule has 0 radical (unpaired) electrons. The quantitative estimate of drug-likeness (QED) is 0.568. The summed E-state index contributed by atoms with van der Waals surface area (Å²) in [4.78, 5) is 12.1. The number of nitrogens with two attached hydrogens (primary N) is 1. The number of nitrogens with zero attached hydrogens (tertiary/aromatic N) is 3. The van der Waals surface area contributed by atoms with Gasteiger partial charge < -0.3 is 25.4 Å². The first-order valence-electron chi connectivity index (χ1n) is 11.7. The van der Waals surface area contributed by atoms with Crippen LogP contribution in [-0.4, -0.2) is 41.9 Å². The van der Waals surface area contributed by atoms with Gasteiger partial charge in [-0.1, -0.05) is 6.07 Å². The third kappa shape index (κ3) is 4.17. The zero-order valence-corrected chi connectivity index (χ0v) is 20.2. The molecule has 3 N–H and O–H groups in total. The molecule has 7 nitrogen and oxygen atoms in total. The summed E-state index contributed by atoms with van der Waals surface area (Å²) < 4.78 is 12.1. The minimum atomic E-state index is -0.267. The number of nitrogen functional groups attached to an aromatic ring is 1. The molecule has 0 amide bonds. The highest BCUT2D eigenvalue weighted by Gasteiger charge is 2.36. The molecule has 0 spiro atoms. The predicted molar refractivity (Wildman–Crippen MR) is 133 cm³/mol. The van der Waals surface area contributed by atoms with Crippen LogP contribution in [0.4, 0.5) is 17.2 Å². The fourth-order valence-corrected chi connectivity index (χ4v) is 4.96. The Kier molecular flexibility index (Phi) is 5.32. The number of aryl methyl sites for hydroxylation is 2. The number of aromatic nitrogens is 2. The molecule has 0 unspecified atom stereocenters. The maximum absolute atomic E-state index is 6.47. The molecule has 0 aliphatic carbocycles. The number of morpholine rings is 1. The molecule has 2 aromatic carbocycles. The molecular formula is C26H33N5O2. The first kappa shape index (κ1) is 21.8. The van der Waals surface area contributed by atoms with Crippen molar-refractivity contribution >= 4 is 28.1 Å². The van der Waals surface area contributed by atoms with E-state index in [0.29, 0.717) is 0 Å². The molecule has 1 saturated heterocycles. The Hall–Kier alpha value is -3.06. The van der Waals surface area contributed by atoms with Gasteiger partial charge in [-0.15, -0.1) is 0 Å². The Morgan fingerprint density at radius 2 is 1.85 bits per heavy atom. The van der Waals surface area contributed by atoms with E-state index in [1.165, 1.54) is 5.56 Å². The van der Waals surface area contributed by atoms with Gasteiger partial charge in [-0.2, -0.15) is 0 Å². The topological polar surface area (TPSA) is 85.5 Å². The van der Waals surface area contributed by atoms with E-state index in [9.17, 15) is 0 Å². The number of rotatable bonds is 4. The Labute approximate surface area is 195 Å². The normalized spacial score (nSPS) is 18.2. The molecule has 5 rings (SSSR count). The molecule has 33 heavy (non-hydrogen) atoms. The summed E-state index contributed by atoms with van der Waals surface area (Å²) in [5.41, 5.74) is 12.1. The van der Waals surface area contributed by atoms with Crippen LogP contribution in [0.3, 0.4) is 0 Å². The molecule has 3 aromatic rings. The summed E-state index contributed by atoms with van der Waals surface area (Å²) >= 11 is 0. The van der Waals surface area contributed by atoms with Crippen molar-refractivity contribution in [3.8, 4) is 5.75 Å². The zero-order valence-electron chi connectivity index (χ0n) is 20.2. The minimum absolute atomic E-state index is 0.0393. The van der Waals surface area contributed by atoms with E-state index in [2.05, 4.69) is 50.0 Å². The smallest absolute Gasteiger partial charge is 0.148 e. The molecule has 174 valence electrons. The highest BCUT2D eigenvalue weighted by atomic mass is 16.5. The van der Waals surface area contributed by atoms with Gasteiger partial charge >= 0.3 is 0 Å². The standard InChI is InChI=1S/C26H33N5O2/c1-15-10-18(12-19(27)11-15)16(2)28-25-20-13-22(31-6-8-32-9-7-31)24-21(14-26(4,5)33-24)23(20)29-17(3)30-25/h10-13,16H,6-9,14,27H2,1-5H3,(H,28,29,30)/t16-/m1/s1. The van der Waals surface area contributed by atoms with Crippen molar-refractivity contribution in [2.75, 3.05) is 42.3 Å². The van der Waals surface area contributed by atoms with Crippen LogP contribution in [-0.2, 0) is 11.2 Å². The highest BCUT2D eigenvalue weighted by molar-refractivity contribution is 5.97. The lowest BCUT2D eigenvalue weighted by atomic mass is 9.98. The monoisotopic (exact) mass is 447 g/mol. The fraction of sp³-hybridized carbons (Fsp3) is 0.462. The van der Waals surface area contributed by atoms with Crippen molar-refractivity contribution in [2.24, 2.45) is 0 Å². The van der Waals surface area contributed by atoms with Crippen LogP contribution >= 0.6 is 0 Å². The van der Waals surface area contributed by atoms with Gasteiger partial charge in [-0.25, -0.2) is 9.97 Å². The van der Waals surface area contributed by atoms with Gasteiger partial charge in [0.05, 0.1) is 30.5 Å². The first-order valence-corrected chi connectivity index (χ1v) is 11.7. The number of hydrogen-bond donors (Lipinski definition) is 2. The summed E-state index contributed by atoms with van der Waals surface area (Å²) in [6, 6.07) is 8.41. The van der Waals surface area contributed by atoms with Gasteiger partial charge in [-0.05, 0) is 63.9 Å². The fourth-order valence-electron chi connectivity index (χ4n) is 4.96. The third-order valence-corrected chi connectivity index (χ3v) is 6.44. The van der Waals surface area contributed by atoms with Crippen LogP contribution in [0.15, 0.2) is 24.3 Å². The van der Waals surface area contributed by atoms with Gasteiger partial charge in [-0.3, -0.25) is 0 Å². The summed E-state index contributed by atoms with van der Waals surface area (Å²) in [5.74, 6) is 2.54. The van der Waals surface area contributed by atoms with Crippen molar-refractivity contribution in [3.63, 3.8) is 0 Å². The minimum Gasteiger partial charge on any atom is -0.485 e. The van der Waals surface area contributed by atoms with Gasteiger partial charge in [0.25, 0.3) is 0 Å². The number of ether oxygens (including phenoxy) is 2. The molecule has 2 aliphatic heterocycles. The SMILES string of the molecule is Cc1cc(N)cc([C@@H](C)Nc2nc(C)nc3c4c(c(N5CCOCC5)cc23)OC(C)(C)C4)c1. The van der Waals surface area contributed by atoms with E-state index >= 15 is 0 Å². The molecule has 0 bridgehead atoms. The number of nitrogens with one attached hydrogen (secondary N) is 1. The number of anilines is 3. The van der Waals surface area contributed by atoms with Crippen LogP contribution < -0.4 is 20.7 Å². The second-order valence-electron chi connectivity index (χ2n) is 9.90. The molecule has 1 fully saturated rings. The van der Waals surface area contributed by atoms with Crippen molar-refractivity contribution in [2.45, 2.75) is 52.7 Å². The zero-order chi connectivity index (χ0) is 23.3. The van der Waals surface area contributed by atoms with E-state index in [-0.39, 0.29) is 11.6 Å². The summed E-state index contributed by atoms with van der Waals surface area (Å²) in [5, 5.41) is 4.67. The Balaban J connectivity index is 1.64. The lowest BCUT2D eigenvalue weighted by Gasteiger charge is -2.31. The lowest BCUT2D eigenvalue weighted by molar-refractivity contribution is 0.120. The number of fused-ring (bicyclic) bond motifs is 3. The largest absolute Gasteiger partial charge is 0.485 e. The van der Waals surface area contributed by atoms with Gasteiger partial charge in [0, 0.05) is 36.1 Å². The lowest BCUT2D eigenvalue weighted by Crippen LogP contribution is -2.36. The van der Waals surface area contributed by atoms with Crippen molar-refractivity contribution in [1.82, 2.24) is 9.97 Å². The van der Waals surface area contributed by atoms with Crippen molar-refractivity contribution in [3.05, 3.63) is 46.8 Å². The average Bonchev–Trinajstić information content (AvgIpc) is 3.08. The second-order valence-corrected chi connectivity index (χ2v) is 9.90. The first-order chi connectivity index (χ1) is 15.7. The maximum atomic E-state index is 6.47. The predicted octanol–water partition coefficient (Wildman–Crippen LogP) is 4.55. The van der Waals surface area contributed by atoms with Crippen LogP contribution in [0, 0.1) is 13.8 Å². The highest BCUT2D eigenvalue weighted by Crippen LogP contribution is 2.47. The van der Waals surface area contributed by atoms with Crippen LogP contribution in [0.25, 0.3) is 10.9 Å². The van der Waals surface area contributed by atoms with Crippen molar-refractivity contribution in [1.29, 1.82) is 0 Å². The van der Waals surface area contributed by atoms with Gasteiger partial charge in [0.15, 0.2) is 0 Å². The van der Waals surface area contributed by atoms with E-state index < -0.39 is 0 Å². The Bertz CT molecular complexity index is 1200. The maximum Gasteiger partial charge on any atom is 0.148 e. The van der Waals surface area contributed by atoms with Crippen LogP contribution in [0.2, 0.25) is 0 Å². The number of hydrogen-bond acceptors (Lipinski definition) is 7. The summed E-state index contributed by atoms with van der Waals surface area (Å²) in [6.45, 7) is 13.6. The average molecular weight is 448 g/mol. The second kappa shape index (κ2) is 8.06.